The first-order chi connectivity index (χ1) is 13.1. The average molecular weight is 394 g/mol. The Labute approximate surface area is 171 Å². The second-order valence-corrected chi connectivity index (χ2v) is 7.29. The number of amides is 1. The van der Waals surface area contributed by atoms with Crippen molar-refractivity contribution in [2.45, 2.75) is 30.7 Å². The molecule has 1 aromatic heterocycles. The molecule has 1 aliphatic rings. The van der Waals surface area contributed by atoms with Crippen LogP contribution in [-0.2, 0) is 6.42 Å². The highest BCUT2D eigenvalue weighted by Crippen LogP contribution is 2.52. The fourth-order valence-electron chi connectivity index (χ4n) is 3.57. The highest BCUT2D eigenvalue weighted by atomic mass is 35.5. The summed E-state index contributed by atoms with van der Waals surface area (Å²) in [7, 11) is 0. The van der Waals surface area contributed by atoms with Gasteiger partial charge in [0.15, 0.2) is 0 Å². The van der Waals surface area contributed by atoms with E-state index in [1.807, 2.05) is 18.2 Å². The molecule has 4 nitrogen and oxygen atoms in total. The zero-order chi connectivity index (χ0) is 18.7. The van der Waals surface area contributed by atoms with Gasteiger partial charge in [0, 0.05) is 35.1 Å². The lowest BCUT2D eigenvalue weighted by atomic mass is 9.99. The lowest BCUT2D eigenvalue weighted by Crippen LogP contribution is -2.25. The number of pyridine rings is 1. The molecule has 28 heavy (non-hydrogen) atoms. The molecule has 0 saturated heterocycles. The van der Waals surface area contributed by atoms with E-state index >= 15 is 0 Å². The summed E-state index contributed by atoms with van der Waals surface area (Å²) in [6, 6.07) is 21.9. The van der Waals surface area contributed by atoms with Crippen LogP contribution in [0.3, 0.4) is 0 Å². The number of aryl methyl sites for hydroxylation is 1. The Morgan fingerprint density at radius 3 is 2.39 bits per heavy atom. The first-order valence-corrected chi connectivity index (χ1v) is 9.28. The Bertz CT molecular complexity index is 916. The van der Waals surface area contributed by atoms with Gasteiger partial charge in [0.25, 0.3) is 5.91 Å². The Kier molecular flexibility index (Phi) is 6.12. The Morgan fingerprint density at radius 2 is 1.71 bits per heavy atom. The zero-order valence-corrected chi connectivity index (χ0v) is 16.4. The van der Waals surface area contributed by atoms with Gasteiger partial charge in [-0.2, -0.15) is 0 Å². The van der Waals surface area contributed by atoms with Crippen LogP contribution in [0, 0.1) is 0 Å². The molecule has 1 saturated carbocycles. The third-order valence-electron chi connectivity index (χ3n) is 5.35. The molecular formula is C23H24ClN3O. The highest BCUT2D eigenvalue weighted by molar-refractivity contribution is 6.04. The smallest absolute Gasteiger partial charge is 0.255 e. The molecule has 1 amide bonds. The molecule has 2 atom stereocenters. The molecule has 144 valence electrons. The molecule has 2 unspecified atom stereocenters. The summed E-state index contributed by atoms with van der Waals surface area (Å²) in [5.74, 6) is 0.263. The summed E-state index contributed by atoms with van der Waals surface area (Å²) in [6.07, 6.45) is 6.24. The number of halogens is 1. The van der Waals surface area contributed by atoms with E-state index in [1.165, 1.54) is 11.1 Å². The third-order valence-corrected chi connectivity index (χ3v) is 5.35. The van der Waals surface area contributed by atoms with E-state index in [9.17, 15) is 4.79 Å². The normalized spacial score (nSPS) is 20.1. The van der Waals surface area contributed by atoms with Gasteiger partial charge in [-0.15, -0.1) is 12.4 Å². The monoisotopic (exact) mass is 393 g/mol. The number of aromatic nitrogens is 1. The quantitative estimate of drug-likeness (QED) is 0.644. The van der Waals surface area contributed by atoms with E-state index in [4.69, 9.17) is 5.73 Å². The van der Waals surface area contributed by atoms with Crippen LogP contribution in [0.25, 0.3) is 0 Å². The minimum absolute atomic E-state index is 0. The molecule has 0 spiro atoms. The number of hydrogen-bond donors (Lipinski definition) is 2. The van der Waals surface area contributed by atoms with Crippen molar-refractivity contribution in [3.8, 4) is 0 Å². The maximum absolute atomic E-state index is 12.2. The van der Waals surface area contributed by atoms with Crippen LogP contribution in [0.2, 0.25) is 0 Å². The summed E-state index contributed by atoms with van der Waals surface area (Å²) in [6.45, 7) is 0. The predicted octanol–water partition coefficient (Wildman–Crippen LogP) is 4.57. The molecule has 0 aliphatic heterocycles. The summed E-state index contributed by atoms with van der Waals surface area (Å²) >= 11 is 0. The van der Waals surface area contributed by atoms with Crippen LogP contribution in [-0.4, -0.2) is 16.4 Å². The van der Waals surface area contributed by atoms with Gasteiger partial charge >= 0.3 is 0 Å². The van der Waals surface area contributed by atoms with Crippen LogP contribution in [0.15, 0.2) is 79.1 Å². The standard InChI is InChI=1S/C23H23N3O.ClH/c24-23(13-10-17-4-2-1-3-5-17)16-21(23)18-6-8-20(9-7-18)26-22(27)19-11-14-25-15-12-19;/h1-9,11-12,14-15,21H,10,13,16,24H2,(H,26,27);1H. The van der Waals surface area contributed by atoms with E-state index in [0.29, 0.717) is 11.5 Å². The second kappa shape index (κ2) is 8.55. The lowest BCUT2D eigenvalue weighted by Gasteiger charge is -2.12. The number of benzene rings is 2. The van der Waals surface area contributed by atoms with E-state index in [-0.39, 0.29) is 23.9 Å². The van der Waals surface area contributed by atoms with Crippen LogP contribution >= 0.6 is 12.4 Å². The van der Waals surface area contributed by atoms with Crippen molar-refractivity contribution >= 4 is 24.0 Å². The number of nitrogens with two attached hydrogens (primary N) is 1. The molecule has 1 heterocycles. The van der Waals surface area contributed by atoms with Crippen molar-refractivity contribution < 1.29 is 4.79 Å². The first kappa shape index (κ1) is 20.1. The van der Waals surface area contributed by atoms with E-state index in [1.54, 1.807) is 24.5 Å². The van der Waals surface area contributed by atoms with Gasteiger partial charge < -0.3 is 11.1 Å². The molecule has 0 radical (unpaired) electrons. The second-order valence-electron chi connectivity index (χ2n) is 7.29. The van der Waals surface area contributed by atoms with Crippen molar-refractivity contribution in [3.05, 3.63) is 95.8 Å². The molecule has 4 rings (SSSR count). The first-order valence-electron chi connectivity index (χ1n) is 9.28. The van der Waals surface area contributed by atoms with Gasteiger partial charge in [-0.25, -0.2) is 0 Å². The molecule has 1 fully saturated rings. The maximum Gasteiger partial charge on any atom is 0.255 e. The fraction of sp³-hybridized carbons (Fsp3) is 0.217. The van der Waals surface area contributed by atoms with Gasteiger partial charge in [-0.1, -0.05) is 42.5 Å². The summed E-state index contributed by atoms with van der Waals surface area (Å²) < 4.78 is 0. The zero-order valence-electron chi connectivity index (χ0n) is 15.5. The Balaban J connectivity index is 0.00000225. The predicted molar refractivity (Wildman–Crippen MR) is 115 cm³/mol. The maximum atomic E-state index is 12.2. The highest BCUT2D eigenvalue weighted by Gasteiger charge is 2.50. The minimum atomic E-state index is -0.132. The van der Waals surface area contributed by atoms with Gasteiger partial charge in [-0.3, -0.25) is 9.78 Å². The summed E-state index contributed by atoms with van der Waals surface area (Å²) in [4.78, 5) is 16.1. The van der Waals surface area contributed by atoms with Crippen LogP contribution in [0.5, 0.6) is 0 Å². The lowest BCUT2D eigenvalue weighted by molar-refractivity contribution is 0.102. The molecule has 1 aliphatic carbocycles. The van der Waals surface area contributed by atoms with Crippen molar-refractivity contribution in [1.82, 2.24) is 4.98 Å². The fourth-order valence-corrected chi connectivity index (χ4v) is 3.57. The van der Waals surface area contributed by atoms with Crippen molar-refractivity contribution in [1.29, 1.82) is 0 Å². The summed E-state index contributed by atoms with van der Waals surface area (Å²) in [5, 5.41) is 2.91. The van der Waals surface area contributed by atoms with Gasteiger partial charge in [0.05, 0.1) is 0 Å². The van der Waals surface area contributed by atoms with Crippen molar-refractivity contribution in [2.24, 2.45) is 5.73 Å². The molecule has 0 bridgehead atoms. The number of carbonyl (C=O) groups excluding carboxylic acids is 1. The van der Waals surface area contributed by atoms with Crippen molar-refractivity contribution in [3.63, 3.8) is 0 Å². The number of rotatable bonds is 6. The Morgan fingerprint density at radius 1 is 1.04 bits per heavy atom. The van der Waals surface area contributed by atoms with Crippen LogP contribution in [0.1, 0.15) is 40.2 Å². The third kappa shape index (κ3) is 4.58. The molecule has 3 N–H and O–H groups in total. The molecule has 3 aromatic rings. The summed E-state index contributed by atoms with van der Waals surface area (Å²) in [5.41, 5.74) is 10.4. The molecular weight excluding hydrogens is 370 g/mol. The number of nitrogens with zero attached hydrogens (tertiary/aromatic N) is 1. The topological polar surface area (TPSA) is 68.0 Å². The number of hydrogen-bond acceptors (Lipinski definition) is 3. The van der Waals surface area contributed by atoms with Gasteiger partial charge in [-0.05, 0) is 54.7 Å². The number of anilines is 1. The van der Waals surface area contributed by atoms with E-state index in [2.05, 4.69) is 46.7 Å². The van der Waals surface area contributed by atoms with Gasteiger partial charge in [0.2, 0.25) is 0 Å². The molecule has 5 heteroatoms. The number of carbonyl (C=O) groups is 1. The van der Waals surface area contributed by atoms with Gasteiger partial charge in [0.1, 0.15) is 0 Å². The van der Waals surface area contributed by atoms with E-state index in [0.717, 1.165) is 24.9 Å². The minimum Gasteiger partial charge on any atom is -0.325 e. The largest absolute Gasteiger partial charge is 0.325 e. The number of nitrogens with one attached hydrogen (secondary N) is 1. The molecule has 2 aromatic carbocycles. The van der Waals surface area contributed by atoms with Crippen molar-refractivity contribution in [2.75, 3.05) is 5.32 Å². The Hall–Kier alpha value is -2.69. The van der Waals surface area contributed by atoms with Crippen LogP contribution < -0.4 is 11.1 Å². The van der Waals surface area contributed by atoms with Crippen LogP contribution in [0.4, 0.5) is 5.69 Å². The van der Waals surface area contributed by atoms with E-state index < -0.39 is 0 Å². The SMILES string of the molecule is Cl.NC1(CCc2ccccc2)CC1c1ccc(NC(=O)c2ccncc2)cc1. The average Bonchev–Trinajstić information content (AvgIpc) is 3.40.